The molecule has 3 aliphatic rings. The van der Waals surface area contributed by atoms with Gasteiger partial charge in [0.05, 0.1) is 16.6 Å². The first-order valence-electron chi connectivity index (χ1n) is 13.6. The Labute approximate surface area is 223 Å². The molecule has 3 heterocycles. The predicted molar refractivity (Wildman–Crippen MR) is 150 cm³/mol. The van der Waals surface area contributed by atoms with Gasteiger partial charge in [-0.15, -0.1) is 0 Å². The number of fused-ring (bicyclic) bond motifs is 2. The quantitative estimate of drug-likeness (QED) is 0.539. The molecule has 1 saturated heterocycles. The van der Waals surface area contributed by atoms with Crippen LogP contribution in [0, 0.1) is 0 Å². The summed E-state index contributed by atoms with van der Waals surface area (Å²) < 4.78 is 15.1. The van der Waals surface area contributed by atoms with Gasteiger partial charge in [0.15, 0.2) is 0 Å². The number of aryl methyl sites for hydroxylation is 1. The molecule has 37 heavy (non-hydrogen) atoms. The molecule has 0 saturated carbocycles. The third-order valence-electron chi connectivity index (χ3n) is 8.24. The lowest BCUT2D eigenvalue weighted by Gasteiger charge is -2.39. The number of hydrogen-bond acceptors (Lipinski definition) is 5. The summed E-state index contributed by atoms with van der Waals surface area (Å²) in [5, 5.41) is 3.81. The Bertz CT molecular complexity index is 1240. The van der Waals surface area contributed by atoms with Gasteiger partial charge in [0.2, 0.25) is 0 Å². The first-order valence-corrected chi connectivity index (χ1v) is 14.7. The Kier molecular flexibility index (Phi) is 7.38. The molecule has 2 aliphatic heterocycles. The molecule has 2 aromatic carbocycles. The second kappa shape index (κ2) is 11.0. The van der Waals surface area contributed by atoms with E-state index in [1.807, 2.05) is 36.5 Å². The van der Waals surface area contributed by atoms with Crippen molar-refractivity contribution in [3.05, 3.63) is 89.2 Å². The van der Waals surface area contributed by atoms with Crippen molar-refractivity contribution in [2.24, 2.45) is 0 Å². The minimum Gasteiger partial charge on any atom is -0.369 e. The summed E-state index contributed by atoms with van der Waals surface area (Å²) in [6.45, 7) is 5.35. The zero-order chi connectivity index (χ0) is 25.2. The van der Waals surface area contributed by atoms with Gasteiger partial charge < -0.3 is 10.2 Å². The SMILES string of the molecule is CN(C[C@H]1Cc2c(cccc2N2CCN(S(=O)c3ccccc3)CC2)CN1)[C@H]1CCCc2cccnc21. The van der Waals surface area contributed by atoms with Crippen LogP contribution in [0.1, 0.15) is 41.3 Å². The van der Waals surface area contributed by atoms with E-state index in [1.54, 1.807) is 0 Å². The smallest absolute Gasteiger partial charge is 0.127 e. The molecule has 0 radical (unpaired) electrons. The maximum Gasteiger partial charge on any atom is 0.127 e. The molecule has 1 fully saturated rings. The second-order valence-electron chi connectivity index (χ2n) is 10.6. The number of aromatic nitrogens is 1. The lowest BCUT2D eigenvalue weighted by molar-refractivity contribution is 0.191. The van der Waals surface area contributed by atoms with Crippen LogP contribution in [0.25, 0.3) is 0 Å². The Hall–Kier alpha value is -2.58. The summed E-state index contributed by atoms with van der Waals surface area (Å²) in [5.74, 6) is 0. The Morgan fingerprint density at radius 3 is 2.65 bits per heavy atom. The van der Waals surface area contributed by atoms with Gasteiger partial charge >= 0.3 is 0 Å². The maximum atomic E-state index is 13.0. The van der Waals surface area contributed by atoms with Gasteiger partial charge in [0.1, 0.15) is 11.0 Å². The summed E-state index contributed by atoms with van der Waals surface area (Å²) in [4.78, 5) is 10.7. The highest BCUT2D eigenvalue weighted by Gasteiger charge is 2.30. The van der Waals surface area contributed by atoms with E-state index in [2.05, 4.69) is 56.8 Å². The second-order valence-corrected chi connectivity index (χ2v) is 12.1. The number of hydrogen-bond donors (Lipinski definition) is 1. The van der Waals surface area contributed by atoms with Gasteiger partial charge in [0.25, 0.3) is 0 Å². The highest BCUT2D eigenvalue weighted by molar-refractivity contribution is 7.82. The molecular weight excluding hydrogens is 478 g/mol. The minimum atomic E-state index is -1.09. The van der Waals surface area contributed by atoms with E-state index in [-0.39, 0.29) is 0 Å². The third-order valence-corrected chi connectivity index (χ3v) is 9.75. The fourth-order valence-electron chi connectivity index (χ4n) is 6.29. The van der Waals surface area contributed by atoms with E-state index in [0.29, 0.717) is 12.1 Å². The number of nitrogens with one attached hydrogen (secondary N) is 1. The molecule has 1 aliphatic carbocycles. The van der Waals surface area contributed by atoms with E-state index < -0.39 is 11.0 Å². The van der Waals surface area contributed by atoms with E-state index in [4.69, 9.17) is 4.98 Å². The summed E-state index contributed by atoms with van der Waals surface area (Å²) in [7, 11) is 1.18. The van der Waals surface area contributed by atoms with Crippen molar-refractivity contribution in [2.45, 2.75) is 49.2 Å². The number of piperazine rings is 1. The standard InChI is InChI=1S/C30H37N5OS/c1-33(29-14-5-8-23-10-7-15-31-30(23)29)22-25-20-27-24(21-32-25)9-6-13-28(27)34-16-18-35(19-17-34)37(36)26-11-3-2-4-12-26/h2-4,6-7,9-13,15,25,29,32H,5,8,14,16-22H2,1H3/t25-,29+,37?/m1/s1. The average molecular weight is 516 g/mol. The summed E-state index contributed by atoms with van der Waals surface area (Å²) in [6, 6.07) is 21.7. The molecule has 1 unspecified atom stereocenters. The number of benzene rings is 2. The number of rotatable bonds is 6. The van der Waals surface area contributed by atoms with Crippen molar-refractivity contribution in [1.82, 2.24) is 19.5 Å². The zero-order valence-corrected chi connectivity index (χ0v) is 22.5. The lowest BCUT2D eigenvalue weighted by Crippen LogP contribution is -2.48. The molecule has 0 spiro atoms. The normalized spacial score (nSPS) is 22.9. The molecule has 7 heteroatoms. The van der Waals surface area contributed by atoms with Gasteiger partial charge in [-0.2, -0.15) is 0 Å². The molecule has 3 atom stereocenters. The lowest BCUT2D eigenvalue weighted by atomic mass is 9.89. The predicted octanol–water partition coefficient (Wildman–Crippen LogP) is 3.95. The van der Waals surface area contributed by atoms with E-state index in [9.17, 15) is 4.21 Å². The molecule has 194 valence electrons. The molecule has 1 aromatic heterocycles. The molecule has 6 nitrogen and oxygen atoms in total. The summed E-state index contributed by atoms with van der Waals surface area (Å²) >= 11 is 0. The first-order chi connectivity index (χ1) is 18.2. The van der Waals surface area contributed by atoms with E-state index in [0.717, 1.165) is 57.0 Å². The average Bonchev–Trinajstić information content (AvgIpc) is 2.96. The van der Waals surface area contributed by atoms with Crippen LogP contribution in [-0.2, 0) is 30.4 Å². The number of nitrogens with zero attached hydrogens (tertiary/aromatic N) is 4. The zero-order valence-electron chi connectivity index (χ0n) is 21.7. The number of likely N-dealkylation sites (N-methyl/N-ethyl adjacent to an activating group) is 1. The summed E-state index contributed by atoms with van der Waals surface area (Å²) in [6.07, 6.45) is 6.55. The van der Waals surface area contributed by atoms with Crippen LogP contribution >= 0.6 is 0 Å². The number of pyridine rings is 1. The Morgan fingerprint density at radius 2 is 1.81 bits per heavy atom. The molecular formula is C30H37N5OS. The molecule has 0 amide bonds. The van der Waals surface area contributed by atoms with Crippen LogP contribution in [0.4, 0.5) is 5.69 Å². The van der Waals surface area contributed by atoms with Crippen molar-refractivity contribution >= 4 is 16.7 Å². The Balaban J connectivity index is 1.12. The Morgan fingerprint density at radius 1 is 1.00 bits per heavy atom. The largest absolute Gasteiger partial charge is 0.369 e. The van der Waals surface area contributed by atoms with Crippen molar-refractivity contribution in [1.29, 1.82) is 0 Å². The highest BCUT2D eigenvalue weighted by Crippen LogP contribution is 2.34. The molecule has 3 aromatic rings. The van der Waals surface area contributed by atoms with Gasteiger partial charge in [-0.25, -0.2) is 8.51 Å². The van der Waals surface area contributed by atoms with Crippen LogP contribution in [-0.4, -0.2) is 64.2 Å². The monoisotopic (exact) mass is 515 g/mol. The minimum absolute atomic E-state index is 0.405. The summed E-state index contributed by atoms with van der Waals surface area (Å²) in [5.41, 5.74) is 6.96. The number of anilines is 1. The molecule has 1 N–H and O–H groups in total. The van der Waals surface area contributed by atoms with Gasteiger partial charge in [-0.3, -0.25) is 9.88 Å². The maximum absolute atomic E-state index is 13.0. The van der Waals surface area contributed by atoms with Gasteiger partial charge in [-0.05, 0) is 73.7 Å². The van der Waals surface area contributed by atoms with Crippen LogP contribution in [0.2, 0.25) is 0 Å². The fraction of sp³-hybridized carbons (Fsp3) is 0.433. The fourth-order valence-corrected chi connectivity index (χ4v) is 7.47. The van der Waals surface area contributed by atoms with E-state index in [1.165, 1.54) is 40.9 Å². The van der Waals surface area contributed by atoms with E-state index >= 15 is 0 Å². The highest BCUT2D eigenvalue weighted by atomic mass is 32.2. The van der Waals surface area contributed by atoms with Crippen LogP contribution in [0.5, 0.6) is 0 Å². The molecule has 0 bridgehead atoms. The third kappa shape index (κ3) is 5.23. The van der Waals surface area contributed by atoms with Crippen molar-refractivity contribution in [3.63, 3.8) is 0 Å². The van der Waals surface area contributed by atoms with Gasteiger partial charge in [0, 0.05) is 57.2 Å². The topological polar surface area (TPSA) is 51.7 Å². The van der Waals surface area contributed by atoms with Gasteiger partial charge in [-0.1, -0.05) is 36.4 Å². The molecule has 6 rings (SSSR count). The van der Waals surface area contributed by atoms with Crippen molar-refractivity contribution < 1.29 is 4.21 Å². The van der Waals surface area contributed by atoms with Crippen LogP contribution in [0.3, 0.4) is 0 Å². The van der Waals surface area contributed by atoms with Crippen LogP contribution < -0.4 is 10.2 Å². The van der Waals surface area contributed by atoms with Crippen molar-refractivity contribution in [2.75, 3.05) is 44.7 Å². The first kappa shape index (κ1) is 24.7. The van der Waals surface area contributed by atoms with Crippen molar-refractivity contribution in [3.8, 4) is 0 Å². The van der Waals surface area contributed by atoms with Crippen LogP contribution in [0.15, 0.2) is 71.8 Å².